The highest BCUT2D eigenvalue weighted by Crippen LogP contribution is 2.26. The highest BCUT2D eigenvalue weighted by Gasteiger charge is 2.25. The van der Waals surface area contributed by atoms with Crippen molar-refractivity contribution in [3.8, 4) is 23.0 Å². The molecule has 1 aliphatic heterocycles. The van der Waals surface area contributed by atoms with Crippen LogP contribution < -0.4 is 19.6 Å². The van der Waals surface area contributed by atoms with Crippen molar-refractivity contribution in [2.24, 2.45) is 0 Å². The Kier molecular flexibility index (Phi) is 4.99. The normalized spacial score (nSPS) is 16.1. The predicted molar refractivity (Wildman–Crippen MR) is 100 cm³/mol. The number of carbonyl (C=O) groups excluding carboxylic acids is 1. The molecule has 1 aliphatic rings. The van der Waals surface area contributed by atoms with Crippen LogP contribution in [0.3, 0.4) is 0 Å². The van der Waals surface area contributed by atoms with E-state index in [2.05, 4.69) is 0 Å². The van der Waals surface area contributed by atoms with Crippen molar-refractivity contribution in [3.63, 3.8) is 0 Å². The third-order valence-electron chi connectivity index (χ3n) is 4.41. The first kappa shape index (κ1) is 18.1. The van der Waals surface area contributed by atoms with Crippen molar-refractivity contribution < 1.29 is 28.2 Å². The van der Waals surface area contributed by atoms with Gasteiger partial charge in [0.25, 0.3) is 0 Å². The summed E-state index contributed by atoms with van der Waals surface area (Å²) in [6, 6.07) is 11.4. The van der Waals surface area contributed by atoms with Crippen LogP contribution in [0.25, 0.3) is 11.0 Å². The topological polar surface area (TPSA) is 84.2 Å². The summed E-state index contributed by atoms with van der Waals surface area (Å²) < 4.78 is 26.9. The number of benzene rings is 2. The molecule has 1 unspecified atom stereocenters. The molecular formula is C21H18O7. The highest BCUT2D eigenvalue weighted by molar-refractivity contribution is 5.82. The SMILES string of the molecule is COc1ccc(Oc2coc3cc(OC(=O)C4CCCO4)ccc3c2=O)cc1. The maximum Gasteiger partial charge on any atom is 0.340 e. The Labute approximate surface area is 160 Å². The number of methoxy groups -OCH3 is 1. The molecule has 1 saturated heterocycles. The van der Waals surface area contributed by atoms with Gasteiger partial charge in [0, 0.05) is 12.7 Å². The van der Waals surface area contributed by atoms with Crippen molar-refractivity contribution in [1.29, 1.82) is 0 Å². The molecule has 0 saturated carbocycles. The Bertz CT molecular complexity index is 1050. The molecule has 144 valence electrons. The first-order chi connectivity index (χ1) is 13.6. The molecule has 0 spiro atoms. The van der Waals surface area contributed by atoms with Gasteiger partial charge in [0.1, 0.15) is 29.1 Å². The minimum absolute atomic E-state index is 0.0572. The van der Waals surface area contributed by atoms with E-state index in [1.54, 1.807) is 43.5 Å². The van der Waals surface area contributed by atoms with Gasteiger partial charge in [-0.05, 0) is 49.2 Å². The van der Waals surface area contributed by atoms with Crippen LogP contribution >= 0.6 is 0 Å². The van der Waals surface area contributed by atoms with Gasteiger partial charge in [-0.3, -0.25) is 4.79 Å². The average molecular weight is 382 g/mol. The quantitative estimate of drug-likeness (QED) is 0.492. The van der Waals surface area contributed by atoms with Crippen LogP contribution in [0.4, 0.5) is 0 Å². The summed E-state index contributed by atoms with van der Waals surface area (Å²) in [6.07, 6.45) is 2.18. The number of carbonyl (C=O) groups is 1. The van der Waals surface area contributed by atoms with Gasteiger partial charge in [0.05, 0.1) is 12.5 Å². The van der Waals surface area contributed by atoms with E-state index in [-0.39, 0.29) is 11.2 Å². The Morgan fingerprint density at radius 2 is 1.82 bits per heavy atom. The molecule has 0 aliphatic carbocycles. The first-order valence-electron chi connectivity index (χ1n) is 8.85. The molecule has 1 atom stereocenters. The number of hydrogen-bond acceptors (Lipinski definition) is 7. The van der Waals surface area contributed by atoms with Crippen LogP contribution in [0.5, 0.6) is 23.0 Å². The van der Waals surface area contributed by atoms with Crippen LogP contribution in [-0.4, -0.2) is 25.8 Å². The molecule has 3 aromatic rings. The Balaban J connectivity index is 1.55. The minimum atomic E-state index is -0.539. The van der Waals surface area contributed by atoms with Gasteiger partial charge in [-0.2, -0.15) is 0 Å². The number of hydrogen-bond donors (Lipinski definition) is 0. The molecule has 2 aromatic carbocycles. The zero-order valence-corrected chi connectivity index (χ0v) is 15.2. The van der Waals surface area contributed by atoms with Gasteiger partial charge >= 0.3 is 5.97 Å². The van der Waals surface area contributed by atoms with Gasteiger partial charge in [0.2, 0.25) is 11.2 Å². The molecular weight excluding hydrogens is 364 g/mol. The van der Waals surface area contributed by atoms with E-state index >= 15 is 0 Å². The van der Waals surface area contributed by atoms with Crippen LogP contribution in [0.1, 0.15) is 12.8 Å². The maximum absolute atomic E-state index is 12.7. The largest absolute Gasteiger partial charge is 0.497 e. The second kappa shape index (κ2) is 7.74. The van der Waals surface area contributed by atoms with E-state index in [1.165, 1.54) is 12.3 Å². The summed E-state index contributed by atoms with van der Waals surface area (Å²) >= 11 is 0. The standard InChI is InChI=1S/C21H18O7/c1-24-13-4-6-14(7-5-13)27-19-12-26-18-11-15(8-9-16(18)20(19)22)28-21(23)17-3-2-10-25-17/h4-9,11-12,17H,2-3,10H2,1H3. The fraction of sp³-hybridized carbons (Fsp3) is 0.238. The van der Waals surface area contributed by atoms with Gasteiger partial charge < -0.3 is 23.4 Å². The van der Waals surface area contributed by atoms with Crippen LogP contribution in [0, 0.1) is 0 Å². The third-order valence-corrected chi connectivity index (χ3v) is 4.41. The third kappa shape index (κ3) is 3.70. The zero-order chi connectivity index (χ0) is 19.5. The van der Waals surface area contributed by atoms with Crippen LogP contribution in [0.15, 0.2) is 57.9 Å². The molecule has 28 heavy (non-hydrogen) atoms. The molecule has 0 radical (unpaired) electrons. The van der Waals surface area contributed by atoms with Crippen LogP contribution in [-0.2, 0) is 9.53 Å². The van der Waals surface area contributed by atoms with E-state index in [0.717, 1.165) is 6.42 Å². The Morgan fingerprint density at radius 1 is 1.07 bits per heavy atom. The van der Waals surface area contributed by atoms with Crippen molar-refractivity contribution >= 4 is 16.9 Å². The lowest BCUT2D eigenvalue weighted by molar-refractivity contribution is -0.144. The molecule has 7 heteroatoms. The molecule has 4 rings (SSSR count). The van der Waals surface area contributed by atoms with E-state index in [4.69, 9.17) is 23.4 Å². The number of fused-ring (bicyclic) bond motifs is 1. The lowest BCUT2D eigenvalue weighted by Gasteiger charge is -2.10. The zero-order valence-electron chi connectivity index (χ0n) is 15.2. The highest BCUT2D eigenvalue weighted by atomic mass is 16.6. The lowest BCUT2D eigenvalue weighted by atomic mass is 10.2. The monoisotopic (exact) mass is 382 g/mol. The fourth-order valence-corrected chi connectivity index (χ4v) is 2.94. The predicted octanol–water partition coefficient (Wildman–Crippen LogP) is 3.68. The molecule has 0 bridgehead atoms. The minimum Gasteiger partial charge on any atom is -0.497 e. The fourth-order valence-electron chi connectivity index (χ4n) is 2.94. The molecule has 1 fully saturated rings. The summed E-state index contributed by atoms with van der Waals surface area (Å²) in [5.41, 5.74) is -0.0289. The van der Waals surface area contributed by atoms with Gasteiger partial charge in [-0.1, -0.05) is 0 Å². The van der Waals surface area contributed by atoms with Gasteiger partial charge in [-0.15, -0.1) is 0 Å². The van der Waals surface area contributed by atoms with E-state index in [9.17, 15) is 9.59 Å². The van der Waals surface area contributed by atoms with Crippen LogP contribution in [0.2, 0.25) is 0 Å². The molecule has 7 nitrogen and oxygen atoms in total. The van der Waals surface area contributed by atoms with E-state index in [1.807, 2.05) is 0 Å². The molecule has 2 heterocycles. The van der Waals surface area contributed by atoms with E-state index in [0.29, 0.717) is 41.2 Å². The second-order valence-electron chi connectivity index (χ2n) is 6.29. The van der Waals surface area contributed by atoms with Crippen molar-refractivity contribution in [1.82, 2.24) is 0 Å². The maximum atomic E-state index is 12.7. The summed E-state index contributed by atoms with van der Waals surface area (Å²) in [4.78, 5) is 24.7. The van der Waals surface area contributed by atoms with Gasteiger partial charge in [0.15, 0.2) is 6.10 Å². The average Bonchev–Trinajstić information content (AvgIpc) is 3.26. The second-order valence-corrected chi connectivity index (χ2v) is 6.29. The Morgan fingerprint density at radius 3 is 2.54 bits per heavy atom. The summed E-state index contributed by atoms with van der Waals surface area (Å²) in [5, 5.41) is 0.322. The number of rotatable bonds is 5. The Hall–Kier alpha value is -3.32. The number of ether oxygens (including phenoxy) is 4. The molecule has 0 N–H and O–H groups in total. The first-order valence-corrected chi connectivity index (χ1v) is 8.85. The summed E-state index contributed by atoms with van der Waals surface area (Å²) in [7, 11) is 1.57. The van der Waals surface area contributed by atoms with Crippen molar-refractivity contribution in [2.45, 2.75) is 18.9 Å². The van der Waals surface area contributed by atoms with Crippen molar-refractivity contribution in [2.75, 3.05) is 13.7 Å². The number of esters is 1. The van der Waals surface area contributed by atoms with Gasteiger partial charge in [-0.25, -0.2) is 4.79 Å². The smallest absolute Gasteiger partial charge is 0.340 e. The van der Waals surface area contributed by atoms with E-state index < -0.39 is 12.1 Å². The summed E-state index contributed by atoms with van der Waals surface area (Å²) in [5.74, 6) is 1.07. The summed E-state index contributed by atoms with van der Waals surface area (Å²) in [6.45, 7) is 0.559. The van der Waals surface area contributed by atoms with Crippen molar-refractivity contribution in [3.05, 3.63) is 59.0 Å². The molecule has 1 aromatic heterocycles. The lowest BCUT2D eigenvalue weighted by Crippen LogP contribution is -2.24. The molecule has 0 amide bonds.